The highest BCUT2D eigenvalue weighted by molar-refractivity contribution is 6.07. The van der Waals surface area contributed by atoms with Gasteiger partial charge in [0.2, 0.25) is 23.7 Å². The number of nitrogens with two attached hydrogens (primary N) is 3. The Morgan fingerprint density at radius 3 is 2.25 bits per heavy atom. The van der Waals surface area contributed by atoms with E-state index in [4.69, 9.17) is 31.7 Å². The number of likely N-dealkylation sites (tertiary alicyclic amines) is 1. The number of carbonyl (C=O) groups is 4. The molecule has 0 radical (unpaired) electrons. The van der Waals surface area contributed by atoms with E-state index in [9.17, 15) is 19.2 Å². The van der Waals surface area contributed by atoms with Crippen molar-refractivity contribution in [2.75, 3.05) is 55.8 Å². The van der Waals surface area contributed by atoms with E-state index < -0.39 is 23.6 Å². The molecular formula is C44H55N15O6. The Balaban J connectivity index is 1.10. The van der Waals surface area contributed by atoms with Crippen LogP contribution in [0.15, 0.2) is 42.6 Å². The number of ether oxygens (including phenoxy) is 2. The van der Waals surface area contributed by atoms with Crippen LogP contribution in [0.2, 0.25) is 0 Å². The first-order valence-electron chi connectivity index (χ1n) is 21.9. The number of allylic oxidation sites excluding steroid dienone is 2. The summed E-state index contributed by atoms with van der Waals surface area (Å²) in [7, 11) is 0. The molecule has 6 aromatic rings. The van der Waals surface area contributed by atoms with Gasteiger partial charge in [-0.25, -0.2) is 15.0 Å². The number of nitrogens with one attached hydrogen (secondary N) is 2. The topological polar surface area (TPSA) is 276 Å². The summed E-state index contributed by atoms with van der Waals surface area (Å²) < 4.78 is 18.7. The Labute approximate surface area is 374 Å². The van der Waals surface area contributed by atoms with Crippen LogP contribution in [0.3, 0.4) is 0 Å². The van der Waals surface area contributed by atoms with Gasteiger partial charge in [0.15, 0.2) is 5.65 Å². The molecule has 5 aromatic heterocycles. The first kappa shape index (κ1) is 44.5. The summed E-state index contributed by atoms with van der Waals surface area (Å²) in [5, 5.41) is 14.6. The molecule has 4 amide bonds. The quantitative estimate of drug-likeness (QED) is 0.0647. The minimum atomic E-state index is -0.671. The normalized spacial score (nSPS) is 15.1. The second kappa shape index (κ2) is 18.5. The molecule has 0 unspecified atom stereocenters. The number of hydrogen-bond donors (Lipinski definition) is 5. The standard InChI is InChI=1S/C44H55N15O6/c1-5-58-32(20-26(3)53-58)40(62)51-43-50-31-22-29(38(47)61)24-48-39(31)57(43)15-8-7-14-56-35-30(49-42(56)52-41(63)36-34(45)27(4)54-59(36)6-2)21-28(37(46)60)23-33(35)65-17-9-13-55-16-10-44(25-55)11-18-64-19-12-44/h7-8,20-24H,5-6,9-19,25,45H2,1-4H3,(H2,46,60)(H2,47,61)(H,49,52,63)(H,50,51,62)/b8-7+. The van der Waals surface area contributed by atoms with E-state index in [1.54, 1.807) is 45.9 Å². The fraction of sp³-hybridized carbons (Fsp3) is 0.432. The average molecular weight is 890 g/mol. The molecule has 65 heavy (non-hydrogen) atoms. The summed E-state index contributed by atoms with van der Waals surface area (Å²) in [6.45, 7) is 13.4. The average Bonchev–Trinajstić information content (AvgIpc) is 4.10. The zero-order chi connectivity index (χ0) is 46.0. The molecule has 2 fully saturated rings. The van der Waals surface area contributed by atoms with Crippen LogP contribution < -0.4 is 32.6 Å². The Morgan fingerprint density at radius 2 is 1.52 bits per heavy atom. The predicted octanol–water partition coefficient (Wildman–Crippen LogP) is 3.64. The van der Waals surface area contributed by atoms with Gasteiger partial charge < -0.3 is 36.1 Å². The largest absolute Gasteiger partial charge is 0.491 e. The number of fused-ring (bicyclic) bond motifs is 2. The third kappa shape index (κ3) is 9.14. The molecule has 2 aliphatic heterocycles. The number of primary amides is 2. The van der Waals surface area contributed by atoms with Crippen LogP contribution in [0.25, 0.3) is 22.2 Å². The van der Waals surface area contributed by atoms with Gasteiger partial charge in [-0.1, -0.05) is 12.2 Å². The van der Waals surface area contributed by atoms with E-state index in [-0.39, 0.29) is 47.5 Å². The maximum absolute atomic E-state index is 14.0. The lowest BCUT2D eigenvalue weighted by atomic mass is 9.80. The van der Waals surface area contributed by atoms with Gasteiger partial charge in [0.1, 0.15) is 28.2 Å². The molecule has 342 valence electrons. The molecule has 0 bridgehead atoms. The number of aryl methyl sites for hydroxylation is 4. The minimum Gasteiger partial charge on any atom is -0.491 e. The lowest BCUT2D eigenvalue weighted by molar-refractivity contribution is 0.0192. The predicted molar refractivity (Wildman–Crippen MR) is 243 cm³/mol. The van der Waals surface area contributed by atoms with Crippen molar-refractivity contribution in [3.8, 4) is 5.75 Å². The van der Waals surface area contributed by atoms with E-state index in [1.165, 1.54) is 16.9 Å². The van der Waals surface area contributed by atoms with Gasteiger partial charge >= 0.3 is 0 Å². The van der Waals surface area contributed by atoms with Gasteiger partial charge in [-0.3, -0.25) is 43.7 Å². The molecule has 21 heteroatoms. The number of aromatic nitrogens is 9. The zero-order valence-corrected chi connectivity index (χ0v) is 37.1. The van der Waals surface area contributed by atoms with Crippen LogP contribution in [0.5, 0.6) is 5.75 Å². The second-order valence-corrected chi connectivity index (χ2v) is 16.6. The Morgan fingerprint density at radius 1 is 0.846 bits per heavy atom. The third-order valence-corrected chi connectivity index (χ3v) is 12.2. The highest BCUT2D eigenvalue weighted by Crippen LogP contribution is 2.40. The number of anilines is 3. The first-order chi connectivity index (χ1) is 31.3. The third-order valence-electron chi connectivity index (χ3n) is 12.2. The molecule has 0 saturated carbocycles. The van der Waals surface area contributed by atoms with Crippen molar-refractivity contribution in [3.63, 3.8) is 0 Å². The highest BCUT2D eigenvalue weighted by atomic mass is 16.5. The highest BCUT2D eigenvalue weighted by Gasteiger charge is 2.39. The smallest absolute Gasteiger partial charge is 0.278 e. The molecule has 1 aromatic carbocycles. The van der Waals surface area contributed by atoms with Crippen molar-refractivity contribution in [1.29, 1.82) is 0 Å². The number of nitrogen functional groups attached to an aromatic ring is 1. The molecule has 8 rings (SSSR count). The minimum absolute atomic E-state index is 0.155. The Bertz CT molecular complexity index is 2830. The molecule has 7 heterocycles. The lowest BCUT2D eigenvalue weighted by Crippen LogP contribution is -2.33. The van der Waals surface area contributed by atoms with E-state index in [1.807, 2.05) is 26.0 Å². The van der Waals surface area contributed by atoms with Crippen molar-refractivity contribution >= 4 is 63.4 Å². The summed E-state index contributed by atoms with van der Waals surface area (Å²) >= 11 is 0. The number of rotatable bonds is 17. The van der Waals surface area contributed by atoms with Crippen LogP contribution in [0.1, 0.15) is 92.6 Å². The molecule has 2 aliphatic rings. The van der Waals surface area contributed by atoms with E-state index in [2.05, 4.69) is 35.7 Å². The SMILES string of the molecule is CCn1nc(C)cc1C(=O)Nc1nc2cc(C(N)=O)cnc2n1C/C=C/Cn1c(NC(=O)c2c(N)c(C)nn2CC)nc2cc(C(N)=O)cc(OCCCN3CCC4(CCOCC4)C3)c21. The lowest BCUT2D eigenvalue weighted by Gasteiger charge is -2.33. The van der Waals surface area contributed by atoms with Crippen molar-refractivity contribution in [2.24, 2.45) is 16.9 Å². The van der Waals surface area contributed by atoms with Crippen molar-refractivity contribution in [1.82, 2.24) is 48.5 Å². The molecule has 2 saturated heterocycles. The van der Waals surface area contributed by atoms with Gasteiger partial charge in [0.25, 0.3) is 11.8 Å². The van der Waals surface area contributed by atoms with E-state index >= 15 is 0 Å². The molecule has 0 atom stereocenters. The molecule has 0 aliphatic carbocycles. The first-order valence-corrected chi connectivity index (χ1v) is 21.9. The summed E-state index contributed by atoms with van der Waals surface area (Å²) in [5.74, 6) is -1.58. The van der Waals surface area contributed by atoms with Crippen molar-refractivity contribution in [3.05, 3.63) is 76.5 Å². The van der Waals surface area contributed by atoms with Crippen LogP contribution in [-0.2, 0) is 30.9 Å². The van der Waals surface area contributed by atoms with Crippen molar-refractivity contribution < 1.29 is 28.7 Å². The number of amides is 4. The summed E-state index contributed by atoms with van der Waals surface area (Å²) in [5.41, 5.74) is 22.0. The summed E-state index contributed by atoms with van der Waals surface area (Å²) in [6.07, 6.45) is 9.11. The van der Waals surface area contributed by atoms with Crippen LogP contribution in [0.4, 0.5) is 17.6 Å². The number of pyridine rings is 1. The zero-order valence-electron chi connectivity index (χ0n) is 37.1. The van der Waals surface area contributed by atoms with Crippen LogP contribution in [0, 0.1) is 19.3 Å². The monoisotopic (exact) mass is 889 g/mol. The number of benzene rings is 1. The fourth-order valence-electron chi connectivity index (χ4n) is 8.79. The number of hydrogen-bond acceptors (Lipinski definition) is 13. The molecule has 1 spiro atoms. The number of imidazole rings is 2. The van der Waals surface area contributed by atoms with Gasteiger partial charge in [-0.15, -0.1) is 0 Å². The van der Waals surface area contributed by atoms with Crippen LogP contribution in [-0.4, -0.2) is 112 Å². The van der Waals surface area contributed by atoms with Gasteiger partial charge in [0, 0.05) is 64.2 Å². The Kier molecular flexibility index (Phi) is 12.7. The number of carbonyl (C=O) groups excluding carboxylic acids is 4. The van der Waals surface area contributed by atoms with Gasteiger partial charge in [-0.05, 0) is 89.6 Å². The van der Waals surface area contributed by atoms with E-state index in [0.717, 1.165) is 58.5 Å². The second-order valence-electron chi connectivity index (χ2n) is 16.6. The molecular weight excluding hydrogens is 835 g/mol. The molecule has 21 nitrogen and oxygen atoms in total. The van der Waals surface area contributed by atoms with Gasteiger partial charge in [-0.2, -0.15) is 10.2 Å². The fourth-order valence-corrected chi connectivity index (χ4v) is 8.79. The maximum Gasteiger partial charge on any atom is 0.278 e. The van der Waals surface area contributed by atoms with Crippen molar-refractivity contribution in [2.45, 2.75) is 79.6 Å². The number of nitrogens with zero attached hydrogens (tertiary/aromatic N) is 10. The van der Waals surface area contributed by atoms with Gasteiger partial charge in [0.05, 0.1) is 34.8 Å². The maximum atomic E-state index is 14.0. The molecule has 8 N–H and O–H groups in total. The Hall–Kier alpha value is -7.13. The summed E-state index contributed by atoms with van der Waals surface area (Å²) in [6, 6.07) is 6.37. The van der Waals surface area contributed by atoms with Crippen LogP contribution >= 0.6 is 0 Å². The van der Waals surface area contributed by atoms with E-state index in [0.29, 0.717) is 70.1 Å². The summed E-state index contributed by atoms with van der Waals surface area (Å²) in [4.78, 5) is 68.6.